The molecule has 0 saturated heterocycles. The zero-order valence-electron chi connectivity index (χ0n) is 15.2. The van der Waals surface area contributed by atoms with Gasteiger partial charge in [0.05, 0.1) is 12.7 Å². The Morgan fingerprint density at radius 3 is 2.75 bits per heavy atom. The van der Waals surface area contributed by atoms with Gasteiger partial charge in [-0.3, -0.25) is 0 Å². The van der Waals surface area contributed by atoms with E-state index < -0.39 is 16.0 Å². The van der Waals surface area contributed by atoms with Crippen LogP contribution in [0.2, 0.25) is 0 Å². The molecule has 4 rings (SSSR count). The van der Waals surface area contributed by atoms with Gasteiger partial charge in [0.25, 0.3) is 0 Å². The van der Waals surface area contributed by atoms with Crippen LogP contribution in [0.25, 0.3) is 10.1 Å². The summed E-state index contributed by atoms with van der Waals surface area (Å²) in [6.45, 7) is 0.122. The lowest BCUT2D eigenvalue weighted by Crippen LogP contribution is -2.26. The van der Waals surface area contributed by atoms with E-state index in [9.17, 15) is 13.2 Å². The third-order valence-electron chi connectivity index (χ3n) is 4.51. The van der Waals surface area contributed by atoms with Crippen molar-refractivity contribution in [2.45, 2.75) is 30.4 Å². The van der Waals surface area contributed by atoms with Gasteiger partial charge in [-0.1, -0.05) is 18.2 Å². The predicted octanol–water partition coefficient (Wildman–Crippen LogP) is 3.71. The Hall–Kier alpha value is -2.42. The molecule has 2 aromatic carbocycles. The summed E-state index contributed by atoms with van der Waals surface area (Å²) >= 11 is 1.59. The topological polar surface area (TPSA) is 81.7 Å². The summed E-state index contributed by atoms with van der Waals surface area (Å²) in [5.41, 5.74) is 1.09. The predicted molar refractivity (Wildman–Crippen MR) is 107 cm³/mol. The summed E-state index contributed by atoms with van der Waals surface area (Å²) in [6, 6.07) is 12.1. The number of carbonyl (C=O) groups excluding carboxylic acids is 1. The van der Waals surface area contributed by atoms with Crippen molar-refractivity contribution in [3.05, 3.63) is 59.0 Å². The van der Waals surface area contributed by atoms with Crippen LogP contribution in [0.5, 0.6) is 5.75 Å². The second-order valence-electron chi connectivity index (χ2n) is 6.59. The van der Waals surface area contributed by atoms with E-state index in [1.54, 1.807) is 11.3 Å². The van der Waals surface area contributed by atoms with Crippen LogP contribution in [0, 0.1) is 0 Å². The summed E-state index contributed by atoms with van der Waals surface area (Å²) in [5, 5.41) is 3.01. The van der Waals surface area contributed by atoms with Gasteiger partial charge in [-0.2, -0.15) is 0 Å². The molecular weight excluding hydrogens is 398 g/mol. The molecule has 1 fully saturated rings. The minimum Gasteiger partial charge on any atom is -0.495 e. The fourth-order valence-corrected chi connectivity index (χ4v) is 5.32. The number of carbonyl (C=O) groups is 1. The van der Waals surface area contributed by atoms with Gasteiger partial charge in [-0.25, -0.2) is 17.9 Å². The molecule has 0 spiro atoms. The quantitative estimate of drug-likeness (QED) is 0.593. The van der Waals surface area contributed by atoms with Crippen molar-refractivity contribution in [3.63, 3.8) is 0 Å². The minimum absolute atomic E-state index is 0.0443. The van der Waals surface area contributed by atoms with E-state index in [2.05, 4.69) is 4.72 Å². The first-order chi connectivity index (χ1) is 13.5. The minimum atomic E-state index is -3.76. The van der Waals surface area contributed by atoms with Crippen LogP contribution in [0.4, 0.5) is 0 Å². The molecule has 146 valence electrons. The van der Waals surface area contributed by atoms with Crippen LogP contribution < -0.4 is 9.46 Å². The maximum absolute atomic E-state index is 12.6. The first-order valence-electron chi connectivity index (χ1n) is 8.80. The molecule has 1 aromatic heterocycles. The normalized spacial score (nSPS) is 14.2. The molecule has 1 heterocycles. The molecular formula is C20H19NO5S2. The van der Waals surface area contributed by atoms with Crippen LogP contribution >= 0.6 is 11.3 Å². The van der Waals surface area contributed by atoms with Crippen LogP contribution in [0.1, 0.15) is 28.8 Å². The highest BCUT2D eigenvalue weighted by atomic mass is 32.2. The third-order valence-corrected chi connectivity index (χ3v) is 7.06. The van der Waals surface area contributed by atoms with Gasteiger partial charge in [0.2, 0.25) is 10.0 Å². The molecule has 3 aromatic rings. The summed E-state index contributed by atoms with van der Waals surface area (Å²) in [5.74, 6) is -0.394. The summed E-state index contributed by atoms with van der Waals surface area (Å²) in [4.78, 5) is 12.5. The van der Waals surface area contributed by atoms with Gasteiger partial charge in [0.15, 0.2) is 0 Å². The molecule has 1 aliphatic rings. The summed E-state index contributed by atoms with van der Waals surface area (Å²) in [6.07, 6.45) is 1.63. The van der Waals surface area contributed by atoms with Crippen molar-refractivity contribution in [2.24, 2.45) is 0 Å². The van der Waals surface area contributed by atoms with E-state index in [1.807, 2.05) is 29.6 Å². The molecule has 0 aliphatic heterocycles. The number of fused-ring (bicyclic) bond motifs is 1. The van der Waals surface area contributed by atoms with Gasteiger partial charge in [0, 0.05) is 16.3 Å². The average molecular weight is 418 g/mol. The summed E-state index contributed by atoms with van der Waals surface area (Å²) < 4.78 is 39.5. The van der Waals surface area contributed by atoms with E-state index in [4.69, 9.17) is 9.47 Å². The van der Waals surface area contributed by atoms with Crippen LogP contribution in [0.15, 0.2) is 52.7 Å². The molecule has 0 amide bonds. The smallest absolute Gasteiger partial charge is 0.338 e. The Bertz CT molecular complexity index is 1130. The molecule has 28 heavy (non-hydrogen) atoms. The van der Waals surface area contributed by atoms with E-state index in [-0.39, 0.29) is 28.9 Å². The molecule has 0 radical (unpaired) electrons. The number of nitrogens with one attached hydrogen (secondary N) is 1. The summed E-state index contributed by atoms with van der Waals surface area (Å²) in [7, 11) is -2.37. The number of esters is 1. The Morgan fingerprint density at radius 2 is 2.00 bits per heavy atom. The lowest BCUT2D eigenvalue weighted by atomic mass is 10.2. The molecule has 1 N–H and O–H groups in total. The molecule has 0 atom stereocenters. The number of rotatable bonds is 7. The van der Waals surface area contributed by atoms with Gasteiger partial charge in [-0.05, 0) is 47.9 Å². The molecule has 8 heteroatoms. The molecule has 0 bridgehead atoms. The van der Waals surface area contributed by atoms with Crippen molar-refractivity contribution in [3.8, 4) is 5.75 Å². The molecule has 6 nitrogen and oxygen atoms in total. The lowest BCUT2D eigenvalue weighted by molar-refractivity contribution is 0.0474. The van der Waals surface area contributed by atoms with E-state index >= 15 is 0 Å². The van der Waals surface area contributed by atoms with Crippen molar-refractivity contribution in [2.75, 3.05) is 7.11 Å². The monoisotopic (exact) mass is 417 g/mol. The first kappa shape index (κ1) is 18.9. The number of thiophene rings is 1. The third kappa shape index (κ3) is 3.89. The SMILES string of the molecule is COc1ccc(C(=O)OCc2csc3ccccc23)cc1S(=O)(=O)NC1CC1. The van der Waals surface area contributed by atoms with Crippen molar-refractivity contribution >= 4 is 37.4 Å². The number of methoxy groups -OCH3 is 1. The highest BCUT2D eigenvalue weighted by molar-refractivity contribution is 7.89. The van der Waals surface area contributed by atoms with Crippen LogP contribution in [-0.2, 0) is 21.4 Å². The average Bonchev–Trinajstić information content (AvgIpc) is 3.41. The Kier molecular flexibility index (Phi) is 5.09. The first-order valence-corrected chi connectivity index (χ1v) is 11.2. The van der Waals surface area contributed by atoms with E-state index in [0.717, 1.165) is 28.5 Å². The van der Waals surface area contributed by atoms with Crippen molar-refractivity contribution in [1.29, 1.82) is 0 Å². The van der Waals surface area contributed by atoms with Gasteiger partial charge in [0.1, 0.15) is 17.3 Å². The maximum Gasteiger partial charge on any atom is 0.338 e. The molecule has 1 aliphatic carbocycles. The standard InChI is InChI=1S/C20H19NO5S2/c1-25-17-9-6-13(10-19(17)28(23,24)21-15-7-8-15)20(22)26-11-14-12-27-18-5-3-2-4-16(14)18/h2-6,9-10,12,15,21H,7-8,11H2,1H3. The Balaban J connectivity index is 1.54. The highest BCUT2D eigenvalue weighted by Crippen LogP contribution is 2.29. The number of benzene rings is 2. The van der Waals surface area contributed by atoms with Gasteiger partial charge < -0.3 is 9.47 Å². The number of sulfonamides is 1. The highest BCUT2D eigenvalue weighted by Gasteiger charge is 2.30. The van der Waals surface area contributed by atoms with Crippen LogP contribution in [0.3, 0.4) is 0 Å². The van der Waals surface area contributed by atoms with Crippen molar-refractivity contribution < 1.29 is 22.7 Å². The van der Waals surface area contributed by atoms with Crippen LogP contribution in [-0.4, -0.2) is 27.5 Å². The Labute approximate surface area is 167 Å². The van der Waals surface area contributed by atoms with E-state index in [1.165, 1.54) is 25.3 Å². The largest absolute Gasteiger partial charge is 0.495 e. The number of hydrogen-bond acceptors (Lipinski definition) is 6. The number of ether oxygens (including phenoxy) is 2. The second kappa shape index (κ2) is 7.54. The van der Waals surface area contributed by atoms with Gasteiger partial charge >= 0.3 is 5.97 Å². The van der Waals surface area contributed by atoms with Gasteiger partial charge in [-0.15, -0.1) is 11.3 Å². The fraction of sp³-hybridized carbons (Fsp3) is 0.250. The fourth-order valence-electron chi connectivity index (χ4n) is 2.87. The second-order valence-corrected chi connectivity index (χ2v) is 9.19. The van der Waals surface area contributed by atoms with E-state index in [0.29, 0.717) is 0 Å². The zero-order chi connectivity index (χ0) is 19.7. The maximum atomic E-state index is 12.6. The molecule has 0 unspecified atom stereocenters. The van der Waals surface area contributed by atoms with Crippen molar-refractivity contribution in [1.82, 2.24) is 4.72 Å². The number of hydrogen-bond donors (Lipinski definition) is 1. The Morgan fingerprint density at radius 1 is 1.21 bits per heavy atom. The zero-order valence-corrected chi connectivity index (χ0v) is 16.8. The lowest BCUT2D eigenvalue weighted by Gasteiger charge is -2.12. The molecule has 1 saturated carbocycles.